The summed E-state index contributed by atoms with van der Waals surface area (Å²) in [6.07, 6.45) is 1.23. The van der Waals surface area contributed by atoms with Crippen molar-refractivity contribution in [3.05, 3.63) is 65.0 Å². The number of rotatable bonds is 5. The van der Waals surface area contributed by atoms with Crippen molar-refractivity contribution in [2.45, 2.75) is 25.3 Å². The molecule has 25 heavy (non-hydrogen) atoms. The van der Waals surface area contributed by atoms with E-state index in [1.807, 2.05) is 30.3 Å². The van der Waals surface area contributed by atoms with Crippen molar-refractivity contribution in [3.63, 3.8) is 0 Å². The largest absolute Gasteiger partial charge is 0.394 e. The number of amides is 2. The van der Waals surface area contributed by atoms with Crippen LogP contribution in [-0.4, -0.2) is 29.6 Å². The van der Waals surface area contributed by atoms with E-state index in [2.05, 4.69) is 10.6 Å². The van der Waals surface area contributed by atoms with Crippen LogP contribution in [-0.2, 0) is 17.6 Å². The Morgan fingerprint density at radius 3 is 2.72 bits per heavy atom. The highest BCUT2D eigenvalue weighted by atomic mass is 19.1. The minimum Gasteiger partial charge on any atom is -0.394 e. The number of carbonyl (C=O) groups is 2. The van der Waals surface area contributed by atoms with E-state index in [0.29, 0.717) is 24.9 Å². The summed E-state index contributed by atoms with van der Waals surface area (Å²) in [5.41, 5.74) is 2.03. The Kier molecular flexibility index (Phi) is 5.09. The lowest BCUT2D eigenvalue weighted by atomic mass is 9.99. The van der Waals surface area contributed by atoms with Gasteiger partial charge >= 0.3 is 0 Å². The molecule has 130 valence electrons. The van der Waals surface area contributed by atoms with Crippen LogP contribution in [0.4, 0.5) is 10.1 Å². The van der Waals surface area contributed by atoms with Crippen LogP contribution in [0.1, 0.15) is 27.9 Å². The van der Waals surface area contributed by atoms with Gasteiger partial charge in [-0.2, -0.15) is 0 Å². The topological polar surface area (TPSA) is 78.4 Å². The van der Waals surface area contributed by atoms with Gasteiger partial charge in [-0.3, -0.25) is 9.59 Å². The second-order valence-corrected chi connectivity index (χ2v) is 6.08. The Balaban J connectivity index is 1.75. The van der Waals surface area contributed by atoms with Crippen molar-refractivity contribution in [1.82, 2.24) is 5.32 Å². The van der Waals surface area contributed by atoms with Gasteiger partial charge in [-0.1, -0.05) is 30.3 Å². The molecule has 6 heteroatoms. The molecule has 0 fully saturated rings. The number of hydrogen-bond acceptors (Lipinski definition) is 3. The van der Waals surface area contributed by atoms with E-state index in [-0.39, 0.29) is 18.1 Å². The first-order chi connectivity index (χ1) is 12.1. The van der Waals surface area contributed by atoms with Crippen LogP contribution in [0.2, 0.25) is 0 Å². The molecule has 2 amide bonds. The van der Waals surface area contributed by atoms with E-state index in [4.69, 9.17) is 0 Å². The molecule has 0 bridgehead atoms. The Bertz CT molecular complexity index is 793. The molecule has 3 N–H and O–H groups in total. The molecule has 0 saturated heterocycles. The van der Waals surface area contributed by atoms with Crippen LogP contribution in [0.25, 0.3) is 0 Å². The summed E-state index contributed by atoms with van der Waals surface area (Å²) in [6, 6.07) is 11.6. The first-order valence-corrected chi connectivity index (χ1v) is 8.14. The molecule has 0 radical (unpaired) electrons. The third-order valence-electron chi connectivity index (χ3n) is 4.21. The number of carbonyl (C=O) groups excluding carboxylic acids is 2. The number of hydrogen-bond donors (Lipinski definition) is 3. The van der Waals surface area contributed by atoms with Crippen molar-refractivity contribution < 1.29 is 19.1 Å². The number of aryl methyl sites for hydroxylation is 1. The second kappa shape index (κ2) is 7.44. The fraction of sp³-hybridized carbons (Fsp3) is 0.263. The van der Waals surface area contributed by atoms with Gasteiger partial charge in [-0.05, 0) is 36.1 Å². The molecule has 1 heterocycles. The summed E-state index contributed by atoms with van der Waals surface area (Å²) in [4.78, 5) is 23.8. The van der Waals surface area contributed by atoms with Gasteiger partial charge in [0.1, 0.15) is 5.82 Å². The van der Waals surface area contributed by atoms with Crippen molar-refractivity contribution in [2.24, 2.45) is 0 Å². The van der Waals surface area contributed by atoms with E-state index in [1.54, 1.807) is 0 Å². The predicted molar refractivity (Wildman–Crippen MR) is 91.8 cm³/mol. The van der Waals surface area contributed by atoms with Gasteiger partial charge in [0.15, 0.2) is 0 Å². The summed E-state index contributed by atoms with van der Waals surface area (Å²) in [5.74, 6) is -1.44. The Hall–Kier alpha value is -2.73. The van der Waals surface area contributed by atoms with Crippen LogP contribution in [0.5, 0.6) is 0 Å². The van der Waals surface area contributed by atoms with Crippen LogP contribution in [0.3, 0.4) is 0 Å². The average molecular weight is 342 g/mol. The molecule has 5 nitrogen and oxygen atoms in total. The summed E-state index contributed by atoms with van der Waals surface area (Å²) in [6.45, 7) is -0.247. The fourth-order valence-electron chi connectivity index (χ4n) is 2.90. The Morgan fingerprint density at radius 1 is 1.24 bits per heavy atom. The quantitative estimate of drug-likeness (QED) is 0.778. The second-order valence-electron chi connectivity index (χ2n) is 6.08. The van der Waals surface area contributed by atoms with Gasteiger partial charge in [0.05, 0.1) is 18.2 Å². The van der Waals surface area contributed by atoms with Gasteiger partial charge in [-0.25, -0.2) is 4.39 Å². The van der Waals surface area contributed by atoms with Crippen LogP contribution < -0.4 is 10.6 Å². The molecule has 2 aromatic rings. The number of aliphatic hydroxyl groups excluding tert-OH is 1. The molecule has 1 atom stereocenters. The molecule has 1 unspecified atom stereocenters. The highest BCUT2D eigenvalue weighted by Crippen LogP contribution is 2.26. The highest BCUT2D eigenvalue weighted by molar-refractivity contribution is 5.98. The van der Waals surface area contributed by atoms with Gasteiger partial charge in [-0.15, -0.1) is 0 Å². The Morgan fingerprint density at radius 2 is 2.00 bits per heavy atom. The van der Waals surface area contributed by atoms with Crippen molar-refractivity contribution in [1.29, 1.82) is 0 Å². The van der Waals surface area contributed by atoms with E-state index in [1.165, 1.54) is 12.1 Å². The third kappa shape index (κ3) is 4.03. The molecule has 0 spiro atoms. The van der Waals surface area contributed by atoms with Crippen molar-refractivity contribution in [3.8, 4) is 0 Å². The van der Waals surface area contributed by atoms with Gasteiger partial charge in [0.25, 0.3) is 5.91 Å². The first-order valence-electron chi connectivity index (χ1n) is 8.14. The SMILES string of the molecule is O=C1CCc2cc(C(=O)NC(CO)Cc3ccccc3)c(F)cc2N1. The van der Waals surface area contributed by atoms with E-state index >= 15 is 0 Å². The van der Waals surface area contributed by atoms with Crippen LogP contribution in [0, 0.1) is 5.82 Å². The lowest BCUT2D eigenvalue weighted by molar-refractivity contribution is -0.116. The maximum Gasteiger partial charge on any atom is 0.254 e. The van der Waals surface area contributed by atoms with E-state index < -0.39 is 17.8 Å². The summed E-state index contributed by atoms with van der Waals surface area (Å²) in [5, 5.41) is 14.8. The third-order valence-corrected chi connectivity index (χ3v) is 4.21. The zero-order chi connectivity index (χ0) is 17.8. The molecule has 0 aromatic heterocycles. The maximum absolute atomic E-state index is 14.3. The standard InChI is InChI=1S/C19H19FN2O3/c20-16-10-17-13(6-7-18(24)22-17)9-15(16)19(25)21-14(11-23)8-12-4-2-1-3-5-12/h1-5,9-10,14,23H,6-8,11H2,(H,21,25)(H,22,24). The molecule has 0 saturated carbocycles. The molecular weight excluding hydrogens is 323 g/mol. The molecule has 3 rings (SSSR count). The number of nitrogens with one attached hydrogen (secondary N) is 2. The normalized spacial score (nSPS) is 14.4. The van der Waals surface area contributed by atoms with E-state index in [0.717, 1.165) is 11.1 Å². The van der Waals surface area contributed by atoms with Crippen molar-refractivity contribution >= 4 is 17.5 Å². The van der Waals surface area contributed by atoms with Crippen LogP contribution in [0.15, 0.2) is 42.5 Å². The zero-order valence-electron chi connectivity index (χ0n) is 13.6. The molecular formula is C19H19FN2O3. The lowest BCUT2D eigenvalue weighted by Crippen LogP contribution is -2.39. The summed E-state index contributed by atoms with van der Waals surface area (Å²) in [7, 11) is 0. The molecule has 1 aliphatic rings. The molecule has 2 aromatic carbocycles. The maximum atomic E-state index is 14.3. The minimum atomic E-state index is -0.699. The Labute approximate surface area is 144 Å². The summed E-state index contributed by atoms with van der Waals surface area (Å²) >= 11 is 0. The number of fused-ring (bicyclic) bond motifs is 1. The zero-order valence-corrected chi connectivity index (χ0v) is 13.6. The molecule has 1 aliphatic heterocycles. The summed E-state index contributed by atoms with van der Waals surface area (Å²) < 4.78 is 14.3. The highest BCUT2D eigenvalue weighted by Gasteiger charge is 2.22. The first kappa shape index (κ1) is 17.1. The number of benzene rings is 2. The smallest absolute Gasteiger partial charge is 0.254 e. The number of aliphatic hydroxyl groups is 1. The van der Waals surface area contributed by atoms with Crippen molar-refractivity contribution in [2.75, 3.05) is 11.9 Å². The predicted octanol–water partition coefficient (Wildman–Crippen LogP) is 2.04. The lowest BCUT2D eigenvalue weighted by Gasteiger charge is -2.20. The average Bonchev–Trinajstić information content (AvgIpc) is 2.61. The van der Waals surface area contributed by atoms with Gasteiger partial charge < -0.3 is 15.7 Å². The monoisotopic (exact) mass is 342 g/mol. The van der Waals surface area contributed by atoms with Crippen LogP contribution >= 0.6 is 0 Å². The van der Waals surface area contributed by atoms with Gasteiger partial charge in [0, 0.05) is 12.1 Å². The number of halogens is 1. The minimum absolute atomic E-state index is 0.0820. The molecule has 0 aliphatic carbocycles. The fourth-order valence-corrected chi connectivity index (χ4v) is 2.90. The van der Waals surface area contributed by atoms with Gasteiger partial charge in [0.2, 0.25) is 5.91 Å². The number of anilines is 1. The van der Waals surface area contributed by atoms with E-state index in [9.17, 15) is 19.1 Å².